The number of hydrogen-bond donors (Lipinski definition) is 1. The molecular formula is C13H20BrNO. The average molecular weight is 286 g/mol. The molecule has 0 heterocycles. The topological polar surface area (TPSA) is 35.2 Å². The summed E-state index contributed by atoms with van der Waals surface area (Å²) in [5, 5.41) is 0. The summed E-state index contributed by atoms with van der Waals surface area (Å²) >= 11 is 3.44. The zero-order valence-corrected chi connectivity index (χ0v) is 11.8. The Kier molecular flexibility index (Phi) is 5.29. The Hall–Kier alpha value is -0.540. The fourth-order valence-electron chi connectivity index (χ4n) is 1.41. The summed E-state index contributed by atoms with van der Waals surface area (Å²) in [7, 11) is 0. The predicted molar refractivity (Wildman–Crippen MR) is 71.7 cm³/mol. The molecule has 0 aliphatic rings. The van der Waals surface area contributed by atoms with Crippen LogP contribution in [0.5, 0.6) is 5.75 Å². The van der Waals surface area contributed by atoms with Gasteiger partial charge >= 0.3 is 0 Å². The molecule has 1 rings (SSSR count). The Morgan fingerprint density at radius 3 is 2.56 bits per heavy atom. The smallest absolute Gasteiger partial charge is 0.124 e. The van der Waals surface area contributed by atoms with Gasteiger partial charge in [-0.05, 0) is 37.5 Å². The highest BCUT2D eigenvalue weighted by molar-refractivity contribution is 9.10. The van der Waals surface area contributed by atoms with E-state index in [0.29, 0.717) is 5.92 Å². The Morgan fingerprint density at radius 1 is 1.31 bits per heavy atom. The summed E-state index contributed by atoms with van der Waals surface area (Å²) < 4.78 is 6.80. The molecule has 0 saturated heterocycles. The average Bonchev–Trinajstić information content (AvgIpc) is 2.19. The zero-order valence-electron chi connectivity index (χ0n) is 10.2. The van der Waals surface area contributed by atoms with E-state index in [1.807, 2.05) is 25.1 Å². The maximum atomic E-state index is 5.91. The summed E-state index contributed by atoms with van der Waals surface area (Å²) in [6, 6.07) is 5.97. The second kappa shape index (κ2) is 6.26. The number of hydrogen-bond acceptors (Lipinski definition) is 2. The second-order valence-corrected chi connectivity index (χ2v) is 5.42. The maximum absolute atomic E-state index is 5.91. The summed E-state index contributed by atoms with van der Waals surface area (Å²) in [6.07, 6.45) is 1.06. The first-order valence-electron chi connectivity index (χ1n) is 5.68. The third-order valence-electron chi connectivity index (χ3n) is 2.42. The molecule has 0 fully saturated rings. The lowest BCUT2D eigenvalue weighted by molar-refractivity contribution is 0.285. The van der Waals surface area contributed by atoms with E-state index in [1.165, 1.54) is 0 Å². The number of halogens is 1. The van der Waals surface area contributed by atoms with Gasteiger partial charge < -0.3 is 10.5 Å². The van der Waals surface area contributed by atoms with E-state index in [0.717, 1.165) is 28.8 Å². The van der Waals surface area contributed by atoms with Crippen LogP contribution in [-0.4, -0.2) is 6.61 Å². The Labute approximate surface area is 106 Å². The van der Waals surface area contributed by atoms with Crippen LogP contribution in [0.4, 0.5) is 0 Å². The van der Waals surface area contributed by atoms with Gasteiger partial charge in [-0.25, -0.2) is 0 Å². The molecule has 0 spiro atoms. The molecule has 0 aliphatic heterocycles. The van der Waals surface area contributed by atoms with Crippen molar-refractivity contribution in [2.75, 3.05) is 6.61 Å². The summed E-state index contributed by atoms with van der Waals surface area (Å²) in [4.78, 5) is 0. The van der Waals surface area contributed by atoms with Gasteiger partial charge in [-0.2, -0.15) is 0 Å². The van der Waals surface area contributed by atoms with Crippen LogP contribution < -0.4 is 10.5 Å². The molecule has 1 aromatic rings. The van der Waals surface area contributed by atoms with Gasteiger partial charge in [0.05, 0.1) is 6.61 Å². The second-order valence-electron chi connectivity index (χ2n) is 4.50. The predicted octanol–water partition coefficient (Wildman–Crippen LogP) is 3.89. The number of ether oxygens (including phenoxy) is 1. The Morgan fingerprint density at radius 2 is 2.00 bits per heavy atom. The van der Waals surface area contributed by atoms with Crippen LogP contribution in [0.3, 0.4) is 0 Å². The van der Waals surface area contributed by atoms with Crippen molar-refractivity contribution < 1.29 is 4.74 Å². The monoisotopic (exact) mass is 285 g/mol. The lowest BCUT2D eigenvalue weighted by Gasteiger charge is -2.15. The van der Waals surface area contributed by atoms with Gasteiger partial charge in [-0.15, -0.1) is 0 Å². The van der Waals surface area contributed by atoms with Gasteiger partial charge in [0, 0.05) is 16.1 Å². The first kappa shape index (κ1) is 13.5. The molecule has 3 heteroatoms. The molecule has 1 aromatic carbocycles. The lowest BCUT2D eigenvalue weighted by atomic mass is 10.1. The van der Waals surface area contributed by atoms with Crippen molar-refractivity contribution in [2.24, 2.45) is 11.7 Å². The quantitative estimate of drug-likeness (QED) is 0.891. The van der Waals surface area contributed by atoms with Crippen molar-refractivity contribution in [3.05, 3.63) is 28.2 Å². The molecule has 2 nitrogen and oxygen atoms in total. The van der Waals surface area contributed by atoms with Crippen LogP contribution in [0.15, 0.2) is 22.7 Å². The van der Waals surface area contributed by atoms with Gasteiger partial charge in [0.15, 0.2) is 0 Å². The summed E-state index contributed by atoms with van der Waals surface area (Å²) in [6.45, 7) is 7.10. The van der Waals surface area contributed by atoms with E-state index >= 15 is 0 Å². The van der Waals surface area contributed by atoms with Crippen LogP contribution >= 0.6 is 15.9 Å². The Bertz CT molecular complexity index is 337. The third kappa shape index (κ3) is 4.14. The molecule has 1 unspecified atom stereocenters. The van der Waals surface area contributed by atoms with Crippen molar-refractivity contribution in [2.45, 2.75) is 33.2 Å². The highest BCUT2D eigenvalue weighted by atomic mass is 79.9. The van der Waals surface area contributed by atoms with Crippen LogP contribution in [0, 0.1) is 5.92 Å². The van der Waals surface area contributed by atoms with Crippen LogP contribution in [0.25, 0.3) is 0 Å². The number of benzene rings is 1. The van der Waals surface area contributed by atoms with Crippen molar-refractivity contribution in [1.82, 2.24) is 0 Å². The van der Waals surface area contributed by atoms with Crippen molar-refractivity contribution >= 4 is 15.9 Å². The van der Waals surface area contributed by atoms with Gasteiger partial charge in [-0.3, -0.25) is 0 Å². The summed E-state index contributed by atoms with van der Waals surface area (Å²) in [5.41, 5.74) is 6.97. The highest BCUT2D eigenvalue weighted by Gasteiger charge is 2.08. The molecule has 0 aromatic heterocycles. The minimum absolute atomic E-state index is 0.00782. The molecule has 0 aliphatic carbocycles. The van der Waals surface area contributed by atoms with Crippen molar-refractivity contribution in [1.29, 1.82) is 0 Å². The van der Waals surface area contributed by atoms with Crippen molar-refractivity contribution in [3.63, 3.8) is 0 Å². The largest absolute Gasteiger partial charge is 0.493 e. The van der Waals surface area contributed by atoms with E-state index in [-0.39, 0.29) is 6.04 Å². The molecule has 2 N–H and O–H groups in total. The lowest BCUT2D eigenvalue weighted by Crippen LogP contribution is -2.09. The molecule has 0 saturated carbocycles. The van der Waals surface area contributed by atoms with Crippen LogP contribution in [0.1, 0.15) is 38.8 Å². The molecule has 0 radical (unpaired) electrons. The van der Waals surface area contributed by atoms with E-state index in [1.54, 1.807) is 0 Å². The first-order chi connectivity index (χ1) is 7.50. The Balaban J connectivity index is 2.71. The van der Waals surface area contributed by atoms with Gasteiger partial charge in [0.25, 0.3) is 0 Å². The van der Waals surface area contributed by atoms with Crippen LogP contribution in [-0.2, 0) is 0 Å². The SMILES string of the molecule is CC(C)CCOc1ccc(Br)cc1C(C)N. The normalized spacial score (nSPS) is 12.9. The number of rotatable bonds is 5. The molecule has 16 heavy (non-hydrogen) atoms. The minimum Gasteiger partial charge on any atom is -0.493 e. The molecule has 0 bridgehead atoms. The van der Waals surface area contributed by atoms with Crippen LogP contribution in [0.2, 0.25) is 0 Å². The fourth-order valence-corrected chi connectivity index (χ4v) is 1.79. The third-order valence-corrected chi connectivity index (χ3v) is 2.91. The van der Waals surface area contributed by atoms with Gasteiger partial charge in [0.2, 0.25) is 0 Å². The minimum atomic E-state index is -0.00782. The van der Waals surface area contributed by atoms with E-state index in [4.69, 9.17) is 10.5 Å². The van der Waals surface area contributed by atoms with E-state index < -0.39 is 0 Å². The van der Waals surface area contributed by atoms with Gasteiger partial charge in [0.1, 0.15) is 5.75 Å². The molecule has 90 valence electrons. The highest BCUT2D eigenvalue weighted by Crippen LogP contribution is 2.27. The summed E-state index contributed by atoms with van der Waals surface area (Å²) in [5.74, 6) is 1.56. The zero-order chi connectivity index (χ0) is 12.1. The van der Waals surface area contributed by atoms with Gasteiger partial charge in [-0.1, -0.05) is 29.8 Å². The first-order valence-corrected chi connectivity index (χ1v) is 6.48. The molecular weight excluding hydrogens is 266 g/mol. The van der Waals surface area contributed by atoms with E-state index in [2.05, 4.69) is 29.8 Å². The number of nitrogens with two attached hydrogens (primary N) is 1. The molecule has 1 atom stereocenters. The standard InChI is InChI=1S/C13H20BrNO/c1-9(2)6-7-16-13-5-4-11(14)8-12(13)10(3)15/h4-5,8-10H,6-7,15H2,1-3H3. The molecule has 0 amide bonds. The van der Waals surface area contributed by atoms with Crippen molar-refractivity contribution in [3.8, 4) is 5.75 Å². The fraction of sp³-hybridized carbons (Fsp3) is 0.538. The van der Waals surface area contributed by atoms with E-state index in [9.17, 15) is 0 Å². The maximum Gasteiger partial charge on any atom is 0.124 e.